The van der Waals surface area contributed by atoms with E-state index in [1.807, 2.05) is 44.2 Å². The van der Waals surface area contributed by atoms with Crippen LogP contribution in [0, 0.1) is 0 Å². The van der Waals surface area contributed by atoms with Gasteiger partial charge in [-0.15, -0.1) is 0 Å². The highest BCUT2D eigenvalue weighted by Crippen LogP contribution is 2.45. The van der Waals surface area contributed by atoms with Crippen molar-refractivity contribution in [3.8, 4) is 5.75 Å². The van der Waals surface area contributed by atoms with Gasteiger partial charge in [-0.05, 0) is 71.9 Å². The number of allylic oxidation sites excluding steroid dienone is 2. The summed E-state index contributed by atoms with van der Waals surface area (Å²) in [5, 5.41) is 9.22. The Morgan fingerprint density at radius 1 is 1.00 bits per heavy atom. The number of carboxylic acids is 1. The molecule has 0 spiro atoms. The summed E-state index contributed by atoms with van der Waals surface area (Å²) in [5.41, 5.74) is 6.60. The number of aliphatic carboxylic acids is 1. The molecule has 0 saturated heterocycles. The summed E-state index contributed by atoms with van der Waals surface area (Å²) in [6.45, 7) is 13.9. The Morgan fingerprint density at radius 2 is 1.61 bits per heavy atom. The number of hydrogen-bond donors (Lipinski definition) is 1. The van der Waals surface area contributed by atoms with Crippen LogP contribution in [0.25, 0.3) is 0 Å². The van der Waals surface area contributed by atoms with E-state index < -0.39 is 5.97 Å². The maximum absolute atomic E-state index is 11.2. The van der Waals surface area contributed by atoms with Crippen molar-refractivity contribution in [3.63, 3.8) is 0 Å². The van der Waals surface area contributed by atoms with Crippen LogP contribution in [-0.2, 0) is 22.2 Å². The SMILES string of the molecule is CC(C)=CC(CC(=O)O)c1ccc(OCc2ccc3c(c2)C(C)(C)CCC3(C)C)cc1. The minimum atomic E-state index is -0.790. The molecule has 0 aliphatic heterocycles. The fourth-order valence-corrected chi connectivity index (χ4v) is 4.57. The summed E-state index contributed by atoms with van der Waals surface area (Å²) >= 11 is 0. The fourth-order valence-electron chi connectivity index (χ4n) is 4.57. The molecule has 1 N–H and O–H groups in total. The Bertz CT molecular complexity index is 960. The first kappa shape index (κ1) is 23.1. The molecule has 0 saturated carbocycles. The number of hydrogen-bond acceptors (Lipinski definition) is 2. The van der Waals surface area contributed by atoms with Gasteiger partial charge in [-0.1, -0.05) is 69.7 Å². The monoisotopic (exact) mass is 420 g/mol. The number of rotatable bonds is 7. The van der Waals surface area contributed by atoms with E-state index in [4.69, 9.17) is 4.74 Å². The number of carbonyl (C=O) groups is 1. The van der Waals surface area contributed by atoms with E-state index in [1.54, 1.807) is 0 Å². The molecule has 1 aliphatic rings. The van der Waals surface area contributed by atoms with Crippen molar-refractivity contribution >= 4 is 5.97 Å². The van der Waals surface area contributed by atoms with Crippen LogP contribution < -0.4 is 4.74 Å². The molecule has 0 fully saturated rings. The summed E-state index contributed by atoms with van der Waals surface area (Å²) in [4.78, 5) is 11.2. The number of fused-ring (bicyclic) bond motifs is 1. The highest BCUT2D eigenvalue weighted by Gasteiger charge is 2.36. The van der Waals surface area contributed by atoms with Crippen LogP contribution in [0.3, 0.4) is 0 Å². The molecule has 0 bridgehead atoms. The van der Waals surface area contributed by atoms with Crippen LogP contribution in [0.1, 0.15) is 89.0 Å². The van der Waals surface area contributed by atoms with Crippen molar-refractivity contribution in [2.24, 2.45) is 0 Å². The van der Waals surface area contributed by atoms with E-state index >= 15 is 0 Å². The third-order valence-corrected chi connectivity index (χ3v) is 6.56. The van der Waals surface area contributed by atoms with E-state index in [9.17, 15) is 9.90 Å². The first-order valence-corrected chi connectivity index (χ1v) is 11.2. The van der Waals surface area contributed by atoms with Crippen LogP contribution in [-0.4, -0.2) is 11.1 Å². The first-order chi connectivity index (χ1) is 14.5. The molecule has 0 heterocycles. The topological polar surface area (TPSA) is 46.5 Å². The lowest BCUT2D eigenvalue weighted by Gasteiger charge is -2.42. The molecule has 1 aliphatic carbocycles. The van der Waals surface area contributed by atoms with Gasteiger partial charge in [0.2, 0.25) is 0 Å². The van der Waals surface area contributed by atoms with Crippen molar-refractivity contribution < 1.29 is 14.6 Å². The minimum absolute atomic E-state index is 0.0899. The summed E-state index contributed by atoms with van der Waals surface area (Å²) < 4.78 is 6.07. The van der Waals surface area contributed by atoms with Gasteiger partial charge in [0.1, 0.15) is 12.4 Å². The zero-order valence-corrected chi connectivity index (χ0v) is 19.8. The molecule has 0 radical (unpaired) electrons. The molecule has 1 unspecified atom stereocenters. The van der Waals surface area contributed by atoms with Crippen molar-refractivity contribution in [1.29, 1.82) is 0 Å². The largest absolute Gasteiger partial charge is 0.489 e. The Hall–Kier alpha value is -2.55. The molecule has 0 aromatic heterocycles. The molecule has 3 rings (SSSR count). The smallest absolute Gasteiger partial charge is 0.304 e. The van der Waals surface area contributed by atoms with E-state index in [2.05, 4.69) is 45.9 Å². The zero-order chi connectivity index (χ0) is 22.8. The highest BCUT2D eigenvalue weighted by atomic mass is 16.5. The number of carboxylic acid groups (broad SMARTS) is 1. The van der Waals surface area contributed by atoms with Gasteiger partial charge in [-0.2, -0.15) is 0 Å². The Morgan fingerprint density at radius 3 is 2.19 bits per heavy atom. The molecule has 2 aromatic carbocycles. The van der Waals surface area contributed by atoms with Crippen LogP contribution in [0.2, 0.25) is 0 Å². The van der Waals surface area contributed by atoms with Crippen molar-refractivity contribution in [1.82, 2.24) is 0 Å². The predicted octanol–water partition coefficient (Wildman–Crippen LogP) is 7.14. The molecule has 166 valence electrons. The van der Waals surface area contributed by atoms with Gasteiger partial charge in [0.15, 0.2) is 0 Å². The van der Waals surface area contributed by atoms with Gasteiger partial charge in [0.05, 0.1) is 6.42 Å². The van der Waals surface area contributed by atoms with Gasteiger partial charge < -0.3 is 9.84 Å². The van der Waals surface area contributed by atoms with Gasteiger partial charge in [-0.3, -0.25) is 4.79 Å². The van der Waals surface area contributed by atoms with E-state index in [0.29, 0.717) is 6.61 Å². The normalized spacial score (nSPS) is 17.4. The zero-order valence-electron chi connectivity index (χ0n) is 19.8. The van der Waals surface area contributed by atoms with Crippen LogP contribution in [0.5, 0.6) is 5.75 Å². The van der Waals surface area contributed by atoms with Crippen molar-refractivity contribution in [3.05, 3.63) is 76.4 Å². The van der Waals surface area contributed by atoms with E-state index in [1.165, 1.54) is 29.5 Å². The highest BCUT2D eigenvalue weighted by molar-refractivity contribution is 5.68. The summed E-state index contributed by atoms with van der Waals surface area (Å²) in [6, 6.07) is 14.6. The Kier molecular flexibility index (Phi) is 6.64. The minimum Gasteiger partial charge on any atom is -0.489 e. The number of ether oxygens (including phenoxy) is 1. The van der Waals surface area contributed by atoms with Gasteiger partial charge >= 0.3 is 5.97 Å². The van der Waals surface area contributed by atoms with E-state index in [-0.39, 0.29) is 23.2 Å². The van der Waals surface area contributed by atoms with Crippen molar-refractivity contribution in [2.45, 2.75) is 84.2 Å². The lowest BCUT2D eigenvalue weighted by Crippen LogP contribution is -2.33. The maximum atomic E-state index is 11.2. The standard InChI is InChI=1S/C28H36O3/c1-19(2)15-22(17-26(29)30)21-8-10-23(11-9-21)31-18-20-7-12-24-25(16-20)28(5,6)14-13-27(24,3)4/h7-12,15-16,22H,13-14,17-18H2,1-6H3,(H,29,30). The summed E-state index contributed by atoms with van der Waals surface area (Å²) in [5.74, 6) is -0.114. The molecular formula is C28H36O3. The second kappa shape index (κ2) is 8.90. The summed E-state index contributed by atoms with van der Waals surface area (Å²) in [6.07, 6.45) is 4.51. The average molecular weight is 421 g/mol. The molecule has 1 atom stereocenters. The maximum Gasteiger partial charge on any atom is 0.304 e. The van der Waals surface area contributed by atoms with E-state index in [0.717, 1.165) is 16.9 Å². The lowest BCUT2D eigenvalue weighted by molar-refractivity contribution is -0.137. The van der Waals surface area contributed by atoms with Gasteiger partial charge in [0.25, 0.3) is 0 Å². The Balaban J connectivity index is 1.73. The predicted molar refractivity (Wildman–Crippen MR) is 127 cm³/mol. The van der Waals surface area contributed by atoms with Crippen LogP contribution >= 0.6 is 0 Å². The Labute approximate surface area is 187 Å². The average Bonchev–Trinajstić information content (AvgIpc) is 2.69. The molecule has 3 heteroatoms. The molecule has 31 heavy (non-hydrogen) atoms. The fraction of sp³-hybridized carbons (Fsp3) is 0.464. The quantitative estimate of drug-likeness (QED) is 0.484. The van der Waals surface area contributed by atoms with Gasteiger partial charge in [-0.25, -0.2) is 0 Å². The van der Waals surface area contributed by atoms with Gasteiger partial charge in [0, 0.05) is 5.92 Å². The molecule has 3 nitrogen and oxygen atoms in total. The second-order valence-electron chi connectivity index (χ2n) is 10.5. The number of benzene rings is 2. The molecule has 0 amide bonds. The third-order valence-electron chi connectivity index (χ3n) is 6.56. The van der Waals surface area contributed by atoms with Crippen LogP contribution in [0.15, 0.2) is 54.1 Å². The third kappa shape index (κ3) is 5.58. The van der Waals surface area contributed by atoms with Crippen molar-refractivity contribution in [2.75, 3.05) is 0 Å². The summed E-state index contributed by atoms with van der Waals surface area (Å²) in [7, 11) is 0. The second-order valence-corrected chi connectivity index (χ2v) is 10.5. The first-order valence-electron chi connectivity index (χ1n) is 11.2. The molecular weight excluding hydrogens is 384 g/mol. The molecule has 2 aromatic rings. The van der Waals surface area contributed by atoms with Crippen LogP contribution in [0.4, 0.5) is 0 Å². The lowest BCUT2D eigenvalue weighted by atomic mass is 9.63.